The molecule has 0 aromatic heterocycles. The molecule has 21 heavy (non-hydrogen) atoms. The smallest absolute Gasteiger partial charge is 0.231 e. The summed E-state index contributed by atoms with van der Waals surface area (Å²) in [4.78, 5) is 13.3. The number of hydrogen-bond donors (Lipinski definition) is 1. The van der Waals surface area contributed by atoms with E-state index < -0.39 is 21.2 Å². The number of carbonyl (C=O) groups excluding carboxylic acids is 1. The molecule has 0 aliphatic carbocycles. The Bertz CT molecular complexity index is 683. The van der Waals surface area contributed by atoms with Crippen molar-refractivity contribution in [3.8, 4) is 0 Å². The molecule has 0 spiro atoms. The second kappa shape index (κ2) is 5.10. The second-order valence-electron chi connectivity index (χ2n) is 5.86. The number of aliphatic hydroxyl groups is 1. The summed E-state index contributed by atoms with van der Waals surface area (Å²) in [6, 6.07) is 5.28. The normalized spacial score (nSPS) is 25.7. The van der Waals surface area contributed by atoms with Crippen LogP contribution < -0.4 is 4.90 Å². The van der Waals surface area contributed by atoms with Crippen molar-refractivity contribution in [1.29, 1.82) is 0 Å². The number of aliphatic hydroxyl groups excluding tert-OH is 1. The average Bonchev–Trinajstić information content (AvgIpc) is 2.72. The molecule has 5 nitrogen and oxygen atoms in total. The number of likely N-dealkylation sites (N-methyl/N-ethyl adjacent to an activating group) is 1. The van der Waals surface area contributed by atoms with E-state index in [-0.39, 0.29) is 11.7 Å². The monoisotopic (exact) mass is 309 g/mol. The van der Waals surface area contributed by atoms with E-state index in [4.69, 9.17) is 0 Å². The van der Waals surface area contributed by atoms with Crippen LogP contribution in [0.5, 0.6) is 0 Å². The lowest BCUT2D eigenvalue weighted by Gasteiger charge is -2.27. The van der Waals surface area contributed by atoms with Gasteiger partial charge in [0.05, 0.1) is 23.5 Å². The van der Waals surface area contributed by atoms with Crippen LogP contribution in [0, 0.1) is 0 Å². The second-order valence-corrected chi connectivity index (χ2v) is 8.20. The third-order valence-corrected chi connectivity index (χ3v) is 6.78. The number of rotatable bonds is 2. The summed E-state index contributed by atoms with van der Waals surface area (Å²) >= 11 is 0. The van der Waals surface area contributed by atoms with Gasteiger partial charge in [0.1, 0.15) is 0 Å². The van der Waals surface area contributed by atoms with Crippen LogP contribution in [-0.2, 0) is 21.1 Å². The molecule has 0 saturated carbocycles. The van der Waals surface area contributed by atoms with E-state index in [1.807, 2.05) is 0 Å². The van der Waals surface area contributed by atoms with Gasteiger partial charge in [0.25, 0.3) is 0 Å². The van der Waals surface area contributed by atoms with Gasteiger partial charge in [-0.2, -0.15) is 0 Å². The number of nitrogens with zero attached hydrogens (tertiary/aromatic N) is 1. The van der Waals surface area contributed by atoms with Crippen LogP contribution >= 0.6 is 0 Å². The maximum absolute atomic E-state index is 12.1. The highest BCUT2D eigenvalue weighted by atomic mass is 32.2. The first-order valence-electron chi connectivity index (χ1n) is 7.19. The van der Waals surface area contributed by atoms with Gasteiger partial charge in [0.2, 0.25) is 5.91 Å². The molecule has 2 aliphatic rings. The van der Waals surface area contributed by atoms with Gasteiger partial charge in [-0.1, -0.05) is 18.6 Å². The van der Waals surface area contributed by atoms with Crippen molar-refractivity contribution in [3.63, 3.8) is 0 Å². The first kappa shape index (κ1) is 14.5. The Morgan fingerprint density at radius 1 is 1.33 bits per heavy atom. The summed E-state index contributed by atoms with van der Waals surface area (Å²) in [6.45, 7) is 0. The van der Waals surface area contributed by atoms with Gasteiger partial charge in [0, 0.05) is 12.7 Å². The van der Waals surface area contributed by atoms with E-state index in [2.05, 4.69) is 0 Å². The van der Waals surface area contributed by atoms with E-state index in [0.717, 1.165) is 17.7 Å². The van der Waals surface area contributed by atoms with Crippen molar-refractivity contribution in [3.05, 3.63) is 29.3 Å². The molecule has 114 valence electrons. The SMILES string of the molecule is CN1C(=O)Cc2cc(C(O)C3CCCCS3(=O)=O)ccc21. The van der Waals surface area contributed by atoms with Crippen LogP contribution in [0.2, 0.25) is 0 Å². The Balaban J connectivity index is 1.91. The fraction of sp³-hybridized carbons (Fsp3) is 0.533. The molecular weight excluding hydrogens is 290 g/mol. The van der Waals surface area contributed by atoms with Crippen molar-refractivity contribution < 1.29 is 18.3 Å². The minimum absolute atomic E-state index is 0.0157. The molecule has 1 saturated heterocycles. The first-order valence-corrected chi connectivity index (χ1v) is 8.91. The van der Waals surface area contributed by atoms with Crippen LogP contribution in [0.25, 0.3) is 0 Å². The zero-order valence-electron chi connectivity index (χ0n) is 11.9. The summed E-state index contributed by atoms with van der Waals surface area (Å²) in [7, 11) is -1.52. The summed E-state index contributed by atoms with van der Waals surface area (Å²) in [5.41, 5.74) is 2.28. The number of fused-ring (bicyclic) bond motifs is 1. The Labute approximate surface area is 124 Å². The molecule has 6 heteroatoms. The van der Waals surface area contributed by atoms with Gasteiger partial charge in [-0.3, -0.25) is 4.79 Å². The Kier molecular flexibility index (Phi) is 3.53. The third kappa shape index (κ3) is 2.46. The lowest BCUT2D eigenvalue weighted by molar-refractivity contribution is -0.117. The van der Waals surface area contributed by atoms with Gasteiger partial charge in [0.15, 0.2) is 9.84 Å². The lowest BCUT2D eigenvalue weighted by Crippen LogP contribution is -2.33. The molecule has 1 N–H and O–H groups in total. The largest absolute Gasteiger partial charge is 0.387 e. The first-order chi connectivity index (χ1) is 9.90. The van der Waals surface area contributed by atoms with E-state index in [9.17, 15) is 18.3 Å². The third-order valence-electron chi connectivity index (χ3n) is 4.50. The molecule has 1 aromatic rings. The fourth-order valence-electron chi connectivity index (χ4n) is 3.22. The molecule has 1 amide bonds. The van der Waals surface area contributed by atoms with Crippen LogP contribution in [0.15, 0.2) is 18.2 Å². The lowest BCUT2D eigenvalue weighted by atomic mass is 9.99. The van der Waals surface area contributed by atoms with Gasteiger partial charge < -0.3 is 10.0 Å². The number of carbonyl (C=O) groups is 1. The predicted molar refractivity (Wildman–Crippen MR) is 79.9 cm³/mol. The van der Waals surface area contributed by atoms with Crippen molar-refractivity contribution >= 4 is 21.4 Å². The quantitative estimate of drug-likeness (QED) is 0.891. The highest BCUT2D eigenvalue weighted by Crippen LogP contribution is 2.34. The highest BCUT2D eigenvalue weighted by molar-refractivity contribution is 7.92. The minimum Gasteiger partial charge on any atom is -0.387 e. The topological polar surface area (TPSA) is 74.7 Å². The van der Waals surface area contributed by atoms with Gasteiger partial charge >= 0.3 is 0 Å². The van der Waals surface area contributed by atoms with Gasteiger partial charge in [-0.05, 0) is 30.0 Å². The Morgan fingerprint density at radius 2 is 2.10 bits per heavy atom. The molecule has 2 atom stereocenters. The van der Waals surface area contributed by atoms with Crippen LogP contribution in [0.1, 0.15) is 36.5 Å². The maximum atomic E-state index is 12.1. The summed E-state index contributed by atoms with van der Waals surface area (Å²) in [5, 5.41) is 9.74. The minimum atomic E-state index is -3.23. The Hall–Kier alpha value is -1.40. The molecule has 2 unspecified atom stereocenters. The van der Waals surface area contributed by atoms with Crippen molar-refractivity contribution in [2.45, 2.75) is 37.0 Å². The molecule has 1 aromatic carbocycles. The number of sulfone groups is 1. The molecule has 3 rings (SSSR count). The summed E-state index contributed by atoms with van der Waals surface area (Å²) < 4.78 is 24.2. The number of benzene rings is 1. The van der Waals surface area contributed by atoms with Crippen LogP contribution in [0.4, 0.5) is 5.69 Å². The highest BCUT2D eigenvalue weighted by Gasteiger charge is 2.36. The summed E-state index contributed by atoms with van der Waals surface area (Å²) in [6.07, 6.45) is 1.30. The van der Waals surface area contributed by atoms with E-state index in [0.29, 0.717) is 24.8 Å². The molecule has 0 radical (unpaired) electrons. The molecule has 2 aliphatic heterocycles. The van der Waals surface area contributed by atoms with E-state index in [1.165, 1.54) is 0 Å². The number of amides is 1. The zero-order chi connectivity index (χ0) is 15.2. The van der Waals surface area contributed by atoms with Gasteiger partial charge in [-0.15, -0.1) is 0 Å². The van der Waals surface area contributed by atoms with Gasteiger partial charge in [-0.25, -0.2) is 8.42 Å². The number of anilines is 1. The fourth-order valence-corrected chi connectivity index (χ4v) is 5.21. The van der Waals surface area contributed by atoms with E-state index in [1.54, 1.807) is 30.1 Å². The number of hydrogen-bond acceptors (Lipinski definition) is 4. The van der Waals surface area contributed by atoms with E-state index >= 15 is 0 Å². The van der Waals surface area contributed by atoms with Crippen molar-refractivity contribution in [2.24, 2.45) is 0 Å². The predicted octanol–water partition coefficient (Wildman–Crippen LogP) is 1.21. The molecule has 2 heterocycles. The molecule has 1 fully saturated rings. The molecular formula is C15H19NO4S. The summed E-state index contributed by atoms with van der Waals surface area (Å²) in [5.74, 6) is 0.169. The maximum Gasteiger partial charge on any atom is 0.231 e. The van der Waals surface area contributed by atoms with Crippen LogP contribution in [0.3, 0.4) is 0 Å². The average molecular weight is 309 g/mol. The standard InChI is InChI=1S/C15H19NO4S/c1-16-12-6-5-10(8-11(12)9-14(16)17)15(18)13-4-2-3-7-21(13,19)20/h5-6,8,13,15,18H,2-4,7,9H2,1H3. The zero-order valence-corrected chi connectivity index (χ0v) is 12.8. The molecule has 0 bridgehead atoms. The van der Waals surface area contributed by atoms with Crippen LogP contribution in [-0.4, -0.2) is 37.5 Å². The van der Waals surface area contributed by atoms with Crippen molar-refractivity contribution in [2.75, 3.05) is 17.7 Å². The van der Waals surface area contributed by atoms with Crippen molar-refractivity contribution in [1.82, 2.24) is 0 Å². The Morgan fingerprint density at radius 3 is 2.81 bits per heavy atom.